The van der Waals surface area contributed by atoms with Gasteiger partial charge in [0.15, 0.2) is 8.68 Å². The van der Waals surface area contributed by atoms with Crippen LogP contribution in [0.15, 0.2) is 69.3 Å². The van der Waals surface area contributed by atoms with Gasteiger partial charge in [-0.2, -0.15) is 0 Å². The van der Waals surface area contributed by atoms with E-state index in [1.807, 2.05) is 67.6 Å². The fraction of sp³-hybridized carbons (Fsp3) is 0.250. The fourth-order valence-electron chi connectivity index (χ4n) is 2.54. The minimum absolute atomic E-state index is 0.0161. The Balaban J connectivity index is 1.72. The molecule has 27 heavy (non-hydrogen) atoms. The molecule has 7 heteroatoms. The molecule has 0 radical (unpaired) electrons. The molecule has 140 valence electrons. The topological polar surface area (TPSA) is 54.9 Å². The molecule has 0 aliphatic carbocycles. The molecule has 0 aliphatic heterocycles. The van der Waals surface area contributed by atoms with E-state index >= 15 is 0 Å². The van der Waals surface area contributed by atoms with Crippen LogP contribution in [0.1, 0.15) is 31.0 Å². The van der Waals surface area contributed by atoms with Crippen molar-refractivity contribution in [2.45, 2.75) is 33.8 Å². The third kappa shape index (κ3) is 5.57. The number of carbonyl (C=O) groups excluding carboxylic acids is 1. The third-order valence-corrected chi connectivity index (χ3v) is 6.98. The second kappa shape index (κ2) is 9.92. The molecule has 0 unspecified atom stereocenters. The molecule has 0 spiro atoms. The summed E-state index contributed by atoms with van der Waals surface area (Å²) in [6.45, 7) is 3.99. The number of nitrogens with one attached hydrogen (secondary N) is 1. The highest BCUT2D eigenvalue weighted by molar-refractivity contribution is 8.03. The number of thioether (sulfide) groups is 2. The van der Waals surface area contributed by atoms with E-state index in [1.54, 1.807) is 11.8 Å². The van der Waals surface area contributed by atoms with Gasteiger partial charge in [0.2, 0.25) is 5.91 Å². The van der Waals surface area contributed by atoms with Crippen LogP contribution < -0.4 is 5.32 Å². The summed E-state index contributed by atoms with van der Waals surface area (Å²) in [5.41, 5.74) is 2.12. The molecular formula is C20H21N3OS3. The van der Waals surface area contributed by atoms with Crippen LogP contribution >= 0.6 is 34.9 Å². The molecule has 0 bridgehead atoms. The van der Waals surface area contributed by atoms with Gasteiger partial charge in [-0.1, -0.05) is 102 Å². The molecule has 3 aromatic rings. The molecule has 4 nitrogen and oxygen atoms in total. The number of carbonyl (C=O) groups is 1. The molecule has 1 aromatic heterocycles. The maximum atomic E-state index is 12.9. The van der Waals surface area contributed by atoms with Gasteiger partial charge >= 0.3 is 0 Å². The monoisotopic (exact) mass is 415 g/mol. The van der Waals surface area contributed by atoms with Gasteiger partial charge in [-0.05, 0) is 23.8 Å². The van der Waals surface area contributed by atoms with E-state index in [0.717, 1.165) is 25.6 Å². The Bertz CT molecular complexity index is 816. The number of hydrogen-bond donors (Lipinski definition) is 1. The van der Waals surface area contributed by atoms with Crippen LogP contribution in [0, 0.1) is 0 Å². The van der Waals surface area contributed by atoms with Crippen molar-refractivity contribution in [3.63, 3.8) is 0 Å². The zero-order chi connectivity index (χ0) is 19.1. The highest BCUT2D eigenvalue weighted by Gasteiger charge is 2.22. The lowest BCUT2D eigenvalue weighted by molar-refractivity contribution is -0.120. The van der Waals surface area contributed by atoms with Gasteiger partial charge in [0.25, 0.3) is 0 Å². The maximum Gasteiger partial charge on any atom is 0.234 e. The second-order valence-corrected chi connectivity index (χ2v) is 9.87. The Morgan fingerprint density at radius 1 is 1.00 bits per heavy atom. The third-order valence-electron chi connectivity index (χ3n) is 3.85. The molecule has 1 heterocycles. The molecule has 3 rings (SSSR count). The Kier molecular flexibility index (Phi) is 7.32. The molecule has 1 amide bonds. The highest BCUT2D eigenvalue weighted by atomic mass is 32.2. The van der Waals surface area contributed by atoms with Crippen LogP contribution in [0.25, 0.3) is 0 Å². The highest BCUT2D eigenvalue weighted by Crippen LogP contribution is 2.31. The molecular weight excluding hydrogens is 394 g/mol. The lowest BCUT2D eigenvalue weighted by Gasteiger charge is -2.21. The summed E-state index contributed by atoms with van der Waals surface area (Å²) >= 11 is 4.66. The van der Waals surface area contributed by atoms with Crippen molar-refractivity contribution in [2.24, 2.45) is 0 Å². The van der Waals surface area contributed by atoms with Crippen molar-refractivity contribution in [1.29, 1.82) is 0 Å². The normalized spacial score (nSPS) is 12.1. The average molecular weight is 416 g/mol. The number of amides is 1. The quantitative estimate of drug-likeness (QED) is 0.523. The van der Waals surface area contributed by atoms with Crippen molar-refractivity contribution in [3.05, 3.63) is 71.8 Å². The van der Waals surface area contributed by atoms with Gasteiger partial charge in [0.1, 0.15) is 0 Å². The number of rotatable bonds is 8. The van der Waals surface area contributed by atoms with Gasteiger partial charge in [-0.25, -0.2) is 0 Å². The summed E-state index contributed by atoms with van der Waals surface area (Å²) < 4.78 is 1.77. The standard InChI is InChI=1S/C20H21N3OS3/c1-3-25-19-22-23-20(27-19)26-14(2)18(24)21-17(15-10-6-4-7-11-15)16-12-8-5-9-13-16/h4-14,17H,3H2,1-2H3,(H,21,24)/t14-/m0/s1. The maximum absolute atomic E-state index is 12.9. The first kappa shape index (κ1) is 19.9. The predicted octanol–water partition coefficient (Wildman–Crippen LogP) is 5.04. The summed E-state index contributed by atoms with van der Waals surface area (Å²) in [7, 11) is 0. The largest absolute Gasteiger partial charge is 0.344 e. The van der Waals surface area contributed by atoms with Crippen LogP contribution in [0.4, 0.5) is 0 Å². The Hall–Kier alpha value is -1.83. The smallest absolute Gasteiger partial charge is 0.234 e. The SMILES string of the molecule is CCSc1nnc(S[C@@H](C)C(=O)NC(c2ccccc2)c2ccccc2)s1. The van der Waals surface area contributed by atoms with Crippen LogP contribution in [-0.2, 0) is 4.79 Å². The predicted molar refractivity (Wildman–Crippen MR) is 114 cm³/mol. The van der Waals surface area contributed by atoms with Crippen molar-refractivity contribution in [3.8, 4) is 0 Å². The number of benzene rings is 2. The molecule has 0 saturated heterocycles. The molecule has 0 saturated carbocycles. The van der Waals surface area contributed by atoms with Gasteiger partial charge in [-0.3, -0.25) is 4.79 Å². The van der Waals surface area contributed by atoms with Gasteiger partial charge in [0, 0.05) is 0 Å². The molecule has 0 aliphatic rings. The van der Waals surface area contributed by atoms with E-state index in [4.69, 9.17) is 0 Å². The Morgan fingerprint density at radius 2 is 1.56 bits per heavy atom. The van der Waals surface area contributed by atoms with E-state index in [9.17, 15) is 4.79 Å². The number of hydrogen-bond acceptors (Lipinski definition) is 6. The van der Waals surface area contributed by atoms with Crippen molar-refractivity contribution in [2.75, 3.05) is 5.75 Å². The Morgan fingerprint density at radius 3 is 2.11 bits per heavy atom. The molecule has 0 fully saturated rings. The Labute approximate surface area is 172 Å². The van der Waals surface area contributed by atoms with Crippen LogP contribution in [0.3, 0.4) is 0 Å². The fourth-order valence-corrected chi connectivity index (χ4v) is 5.61. The van der Waals surface area contributed by atoms with Gasteiger partial charge in [0.05, 0.1) is 11.3 Å². The second-order valence-electron chi connectivity index (χ2n) is 5.79. The summed E-state index contributed by atoms with van der Waals surface area (Å²) in [4.78, 5) is 12.9. The lowest BCUT2D eigenvalue weighted by atomic mass is 9.98. The van der Waals surface area contributed by atoms with Crippen LogP contribution in [-0.4, -0.2) is 27.1 Å². The summed E-state index contributed by atoms with van der Waals surface area (Å²) in [6, 6.07) is 19.9. The van der Waals surface area contributed by atoms with Crippen LogP contribution in [0.5, 0.6) is 0 Å². The zero-order valence-electron chi connectivity index (χ0n) is 15.2. The van der Waals surface area contributed by atoms with Crippen molar-refractivity contribution >= 4 is 40.8 Å². The first-order valence-electron chi connectivity index (χ1n) is 8.70. The van der Waals surface area contributed by atoms with E-state index in [1.165, 1.54) is 23.1 Å². The van der Waals surface area contributed by atoms with E-state index in [0.29, 0.717) is 0 Å². The van der Waals surface area contributed by atoms with Gasteiger partial charge in [-0.15, -0.1) is 10.2 Å². The van der Waals surface area contributed by atoms with Crippen molar-refractivity contribution in [1.82, 2.24) is 15.5 Å². The minimum Gasteiger partial charge on any atom is -0.344 e. The van der Waals surface area contributed by atoms with E-state index in [2.05, 4.69) is 22.4 Å². The zero-order valence-corrected chi connectivity index (χ0v) is 17.6. The first-order chi connectivity index (χ1) is 13.2. The average Bonchev–Trinajstić information content (AvgIpc) is 3.14. The minimum atomic E-state index is -0.257. The number of aromatic nitrogens is 2. The first-order valence-corrected chi connectivity index (χ1v) is 11.4. The van der Waals surface area contributed by atoms with Crippen molar-refractivity contribution < 1.29 is 4.79 Å². The summed E-state index contributed by atoms with van der Waals surface area (Å²) in [6.07, 6.45) is 0. The molecule has 1 N–H and O–H groups in total. The van der Waals surface area contributed by atoms with Crippen LogP contribution in [0.2, 0.25) is 0 Å². The van der Waals surface area contributed by atoms with E-state index in [-0.39, 0.29) is 17.2 Å². The summed E-state index contributed by atoms with van der Waals surface area (Å²) in [5, 5.41) is 11.3. The van der Waals surface area contributed by atoms with Gasteiger partial charge < -0.3 is 5.32 Å². The molecule has 2 aromatic carbocycles. The summed E-state index contributed by atoms with van der Waals surface area (Å²) in [5.74, 6) is 0.947. The lowest BCUT2D eigenvalue weighted by Crippen LogP contribution is -2.34. The number of nitrogens with zero attached hydrogens (tertiary/aromatic N) is 2. The molecule has 1 atom stereocenters. The van der Waals surface area contributed by atoms with E-state index < -0.39 is 0 Å².